The Bertz CT molecular complexity index is 558. The maximum absolute atomic E-state index is 10.5. The molecule has 0 fully saturated rings. The molecule has 7 nitrogen and oxygen atoms in total. The number of aldehydes is 2. The van der Waals surface area contributed by atoms with Crippen LogP contribution in [0.15, 0.2) is 36.7 Å². The highest BCUT2D eigenvalue weighted by molar-refractivity contribution is 5.71. The Hall–Kier alpha value is -2.80. The van der Waals surface area contributed by atoms with Crippen molar-refractivity contribution in [1.82, 2.24) is 9.97 Å². The van der Waals surface area contributed by atoms with Crippen molar-refractivity contribution in [3.63, 3.8) is 0 Å². The zero-order chi connectivity index (χ0) is 16.3. The normalized spacial score (nSPS) is 10.1. The van der Waals surface area contributed by atoms with Crippen LogP contribution in [0, 0.1) is 0 Å². The zero-order valence-electron chi connectivity index (χ0n) is 12.4. The number of aromatic nitrogens is 2. The van der Waals surface area contributed by atoms with Crippen LogP contribution in [-0.4, -0.2) is 49.0 Å². The molecule has 0 aliphatic carbocycles. The molecule has 0 saturated carbocycles. The topological polar surface area (TPSA) is 87.6 Å². The molecule has 2 aromatic heterocycles. The summed E-state index contributed by atoms with van der Waals surface area (Å²) in [5.74, 6) is 1.16. The molecular formula is C16H16N2O5. The molecule has 0 atom stereocenters. The minimum Gasteiger partial charge on any atom is -0.490 e. The van der Waals surface area contributed by atoms with Crippen LogP contribution >= 0.6 is 0 Å². The van der Waals surface area contributed by atoms with E-state index in [1.807, 2.05) is 0 Å². The SMILES string of the molecule is O=Cc1ccc(OCCOCCOc2ccc(C=O)nc2)cn1. The number of pyridine rings is 2. The van der Waals surface area contributed by atoms with Crippen LogP contribution in [0.1, 0.15) is 21.0 Å². The average molecular weight is 316 g/mol. The second kappa shape index (κ2) is 9.26. The van der Waals surface area contributed by atoms with Crippen LogP contribution in [0.2, 0.25) is 0 Å². The van der Waals surface area contributed by atoms with Gasteiger partial charge >= 0.3 is 0 Å². The highest BCUT2D eigenvalue weighted by Gasteiger charge is 1.98. The number of nitrogens with zero attached hydrogens (tertiary/aromatic N) is 2. The first-order chi connectivity index (χ1) is 11.3. The summed E-state index contributed by atoms with van der Waals surface area (Å²) in [6.45, 7) is 1.55. The summed E-state index contributed by atoms with van der Waals surface area (Å²) >= 11 is 0. The van der Waals surface area contributed by atoms with E-state index in [0.29, 0.717) is 61.9 Å². The maximum Gasteiger partial charge on any atom is 0.168 e. The third kappa shape index (κ3) is 5.84. The molecule has 0 aliphatic rings. The molecule has 0 aromatic carbocycles. The van der Waals surface area contributed by atoms with Crippen LogP contribution in [0.5, 0.6) is 11.5 Å². The summed E-state index contributed by atoms with van der Waals surface area (Å²) in [6.07, 6.45) is 4.33. The summed E-state index contributed by atoms with van der Waals surface area (Å²) in [5.41, 5.74) is 0.725. The summed E-state index contributed by atoms with van der Waals surface area (Å²) < 4.78 is 16.2. The van der Waals surface area contributed by atoms with Gasteiger partial charge in [-0.2, -0.15) is 0 Å². The van der Waals surface area contributed by atoms with E-state index < -0.39 is 0 Å². The van der Waals surface area contributed by atoms with Crippen LogP contribution in [0.4, 0.5) is 0 Å². The Kier molecular flexibility index (Phi) is 6.67. The largest absolute Gasteiger partial charge is 0.490 e. The van der Waals surface area contributed by atoms with Gasteiger partial charge in [0.1, 0.15) is 36.1 Å². The molecule has 0 aliphatic heterocycles. The van der Waals surface area contributed by atoms with E-state index in [0.717, 1.165) is 0 Å². The van der Waals surface area contributed by atoms with Gasteiger partial charge < -0.3 is 14.2 Å². The summed E-state index contributed by atoms with van der Waals surface area (Å²) in [6, 6.07) is 6.52. The van der Waals surface area contributed by atoms with Crippen molar-refractivity contribution < 1.29 is 23.8 Å². The van der Waals surface area contributed by atoms with Gasteiger partial charge in [-0.3, -0.25) is 9.59 Å². The zero-order valence-corrected chi connectivity index (χ0v) is 12.4. The second-order valence-electron chi connectivity index (χ2n) is 4.38. The van der Waals surface area contributed by atoms with Gasteiger partial charge in [-0.05, 0) is 24.3 Å². The van der Waals surface area contributed by atoms with E-state index in [1.54, 1.807) is 24.3 Å². The van der Waals surface area contributed by atoms with Crippen LogP contribution < -0.4 is 9.47 Å². The van der Waals surface area contributed by atoms with E-state index in [9.17, 15) is 9.59 Å². The lowest BCUT2D eigenvalue weighted by Crippen LogP contribution is -2.12. The van der Waals surface area contributed by atoms with Crippen molar-refractivity contribution in [3.05, 3.63) is 48.0 Å². The number of ether oxygens (including phenoxy) is 3. The number of hydrogen-bond donors (Lipinski definition) is 0. The lowest BCUT2D eigenvalue weighted by molar-refractivity contribution is 0.0762. The molecule has 23 heavy (non-hydrogen) atoms. The Morgan fingerprint density at radius 1 is 0.739 bits per heavy atom. The maximum atomic E-state index is 10.5. The lowest BCUT2D eigenvalue weighted by Gasteiger charge is -2.08. The van der Waals surface area contributed by atoms with E-state index in [2.05, 4.69) is 9.97 Å². The van der Waals surface area contributed by atoms with Crippen molar-refractivity contribution in [3.8, 4) is 11.5 Å². The van der Waals surface area contributed by atoms with Crippen molar-refractivity contribution in [2.75, 3.05) is 26.4 Å². The Morgan fingerprint density at radius 3 is 1.57 bits per heavy atom. The number of carbonyl (C=O) groups is 2. The molecule has 2 rings (SSSR count). The van der Waals surface area contributed by atoms with Crippen LogP contribution in [0.3, 0.4) is 0 Å². The average Bonchev–Trinajstić information content (AvgIpc) is 2.62. The smallest absolute Gasteiger partial charge is 0.168 e. The minimum atomic E-state index is 0.362. The monoisotopic (exact) mass is 316 g/mol. The first-order valence-corrected chi connectivity index (χ1v) is 6.97. The van der Waals surface area contributed by atoms with Crippen LogP contribution in [-0.2, 0) is 4.74 Å². The van der Waals surface area contributed by atoms with Gasteiger partial charge in [-0.25, -0.2) is 9.97 Å². The summed E-state index contributed by atoms with van der Waals surface area (Å²) in [5, 5.41) is 0. The molecule has 0 amide bonds. The highest BCUT2D eigenvalue weighted by atomic mass is 16.5. The molecule has 7 heteroatoms. The van der Waals surface area contributed by atoms with E-state index in [1.165, 1.54) is 12.4 Å². The number of rotatable bonds is 10. The third-order valence-corrected chi connectivity index (χ3v) is 2.75. The van der Waals surface area contributed by atoms with Gasteiger partial charge in [0, 0.05) is 0 Å². The summed E-state index contributed by atoms with van der Waals surface area (Å²) in [4.78, 5) is 28.7. The fraction of sp³-hybridized carbons (Fsp3) is 0.250. The van der Waals surface area contributed by atoms with Crippen molar-refractivity contribution >= 4 is 12.6 Å². The molecule has 0 saturated heterocycles. The van der Waals surface area contributed by atoms with Crippen molar-refractivity contribution in [2.24, 2.45) is 0 Å². The third-order valence-electron chi connectivity index (χ3n) is 2.75. The molecule has 0 unspecified atom stereocenters. The lowest BCUT2D eigenvalue weighted by atomic mass is 10.4. The van der Waals surface area contributed by atoms with Crippen LogP contribution in [0.25, 0.3) is 0 Å². The van der Waals surface area contributed by atoms with Gasteiger partial charge in [0.25, 0.3) is 0 Å². The number of hydrogen-bond acceptors (Lipinski definition) is 7. The van der Waals surface area contributed by atoms with Gasteiger partial charge in [-0.15, -0.1) is 0 Å². The standard InChI is InChI=1S/C16H16N2O5/c19-11-13-1-3-15(9-17-13)22-7-5-21-6-8-23-16-4-2-14(12-20)18-10-16/h1-4,9-12H,5-8H2. The number of carbonyl (C=O) groups excluding carboxylic acids is 2. The molecule has 120 valence electrons. The van der Waals surface area contributed by atoms with Crippen molar-refractivity contribution in [2.45, 2.75) is 0 Å². The molecule has 2 heterocycles. The predicted octanol–water partition coefficient (Wildman–Crippen LogP) is 1.58. The van der Waals surface area contributed by atoms with Gasteiger partial charge in [0.2, 0.25) is 0 Å². The molecule has 2 aromatic rings. The predicted molar refractivity (Wildman–Crippen MR) is 81.1 cm³/mol. The fourth-order valence-electron chi connectivity index (χ4n) is 1.63. The highest BCUT2D eigenvalue weighted by Crippen LogP contribution is 2.09. The molecule has 0 spiro atoms. The van der Waals surface area contributed by atoms with Crippen molar-refractivity contribution in [1.29, 1.82) is 0 Å². The Morgan fingerprint density at radius 2 is 1.22 bits per heavy atom. The summed E-state index contributed by atoms with van der Waals surface area (Å²) in [7, 11) is 0. The van der Waals surface area contributed by atoms with Gasteiger partial charge in [-0.1, -0.05) is 0 Å². The minimum absolute atomic E-state index is 0.362. The first kappa shape index (κ1) is 16.6. The van der Waals surface area contributed by atoms with E-state index >= 15 is 0 Å². The quantitative estimate of drug-likeness (QED) is 0.485. The van der Waals surface area contributed by atoms with E-state index in [4.69, 9.17) is 14.2 Å². The first-order valence-electron chi connectivity index (χ1n) is 6.97. The fourth-order valence-corrected chi connectivity index (χ4v) is 1.63. The molecule has 0 N–H and O–H groups in total. The molecule has 0 bridgehead atoms. The Balaban J connectivity index is 1.54. The molecular weight excluding hydrogens is 300 g/mol. The van der Waals surface area contributed by atoms with Gasteiger partial charge in [0.15, 0.2) is 12.6 Å². The molecule has 0 radical (unpaired) electrons. The second-order valence-corrected chi connectivity index (χ2v) is 4.38. The van der Waals surface area contributed by atoms with E-state index in [-0.39, 0.29) is 0 Å². The Labute approximate surface area is 133 Å². The van der Waals surface area contributed by atoms with Gasteiger partial charge in [0.05, 0.1) is 25.6 Å².